The Labute approximate surface area is 111 Å². The molecule has 0 radical (unpaired) electrons. The van der Waals surface area contributed by atoms with Crippen LogP contribution < -0.4 is 10.5 Å². The second-order valence-corrected chi connectivity index (χ2v) is 3.63. The second kappa shape index (κ2) is 7.97. The molecular formula is C13H17NO5. The van der Waals surface area contributed by atoms with Gasteiger partial charge in [0.05, 0.1) is 19.6 Å². The maximum atomic E-state index is 11.3. The topological polar surface area (TPSA) is 87.8 Å². The van der Waals surface area contributed by atoms with Crippen molar-refractivity contribution in [3.8, 4) is 5.75 Å². The summed E-state index contributed by atoms with van der Waals surface area (Å²) in [6.45, 7) is 1.75. The molecule has 0 fully saturated rings. The molecule has 19 heavy (non-hydrogen) atoms. The molecule has 0 spiro atoms. The van der Waals surface area contributed by atoms with Crippen molar-refractivity contribution in [2.75, 3.05) is 25.6 Å². The molecule has 6 nitrogen and oxygen atoms in total. The van der Waals surface area contributed by atoms with Gasteiger partial charge in [-0.1, -0.05) is 0 Å². The minimum atomic E-state index is -0.560. The van der Waals surface area contributed by atoms with E-state index in [1.54, 1.807) is 31.2 Å². The highest BCUT2D eigenvalue weighted by Crippen LogP contribution is 2.13. The monoisotopic (exact) mass is 267 g/mol. The first-order valence-electron chi connectivity index (χ1n) is 5.91. The van der Waals surface area contributed by atoms with E-state index in [1.807, 2.05) is 0 Å². The molecule has 0 atom stereocenters. The number of rotatable bonds is 7. The van der Waals surface area contributed by atoms with Crippen LogP contribution in [-0.4, -0.2) is 31.8 Å². The van der Waals surface area contributed by atoms with E-state index in [1.165, 1.54) is 0 Å². The number of nitrogens with two attached hydrogens (primary N) is 1. The molecule has 0 heterocycles. The number of benzene rings is 1. The summed E-state index contributed by atoms with van der Waals surface area (Å²) in [5, 5.41) is 0. The first-order valence-corrected chi connectivity index (χ1v) is 5.91. The number of anilines is 1. The Kier molecular flexibility index (Phi) is 6.21. The molecule has 0 aliphatic carbocycles. The van der Waals surface area contributed by atoms with Crippen LogP contribution in [0.3, 0.4) is 0 Å². The van der Waals surface area contributed by atoms with Crippen LogP contribution in [0.1, 0.15) is 13.3 Å². The largest absolute Gasteiger partial charge is 0.493 e. The summed E-state index contributed by atoms with van der Waals surface area (Å²) in [7, 11) is 0. The van der Waals surface area contributed by atoms with Gasteiger partial charge in [-0.15, -0.1) is 0 Å². The number of esters is 2. The molecule has 0 saturated heterocycles. The molecule has 0 amide bonds. The molecule has 104 valence electrons. The van der Waals surface area contributed by atoms with Gasteiger partial charge in [-0.05, 0) is 31.2 Å². The van der Waals surface area contributed by atoms with Gasteiger partial charge in [0.25, 0.3) is 0 Å². The van der Waals surface area contributed by atoms with Crippen molar-refractivity contribution in [3.63, 3.8) is 0 Å². The van der Waals surface area contributed by atoms with Crippen molar-refractivity contribution < 1.29 is 23.8 Å². The van der Waals surface area contributed by atoms with Crippen LogP contribution in [0.15, 0.2) is 24.3 Å². The average Bonchev–Trinajstić information content (AvgIpc) is 2.39. The van der Waals surface area contributed by atoms with Gasteiger partial charge >= 0.3 is 11.9 Å². The van der Waals surface area contributed by atoms with E-state index >= 15 is 0 Å². The standard InChI is InChI=1S/C13H17NO5/c1-2-17-13(16)9-19-12(15)7-8-18-11-5-3-10(14)4-6-11/h3-6H,2,7-9,14H2,1H3. The number of carbonyl (C=O) groups is 2. The third kappa shape index (κ3) is 6.30. The summed E-state index contributed by atoms with van der Waals surface area (Å²) >= 11 is 0. The van der Waals surface area contributed by atoms with Crippen molar-refractivity contribution >= 4 is 17.6 Å². The van der Waals surface area contributed by atoms with E-state index in [0.717, 1.165) is 0 Å². The fraction of sp³-hybridized carbons (Fsp3) is 0.385. The smallest absolute Gasteiger partial charge is 0.344 e. The lowest BCUT2D eigenvalue weighted by Crippen LogP contribution is -2.17. The highest BCUT2D eigenvalue weighted by Gasteiger charge is 2.08. The summed E-state index contributed by atoms with van der Waals surface area (Å²) in [6.07, 6.45) is 0.0593. The normalized spacial score (nSPS) is 9.74. The Bertz CT molecular complexity index is 416. The summed E-state index contributed by atoms with van der Waals surface area (Å²) in [5.41, 5.74) is 6.16. The number of ether oxygens (including phenoxy) is 3. The first kappa shape index (κ1) is 14.8. The zero-order valence-electron chi connectivity index (χ0n) is 10.8. The van der Waals surface area contributed by atoms with E-state index in [0.29, 0.717) is 11.4 Å². The van der Waals surface area contributed by atoms with Crippen LogP contribution >= 0.6 is 0 Å². The minimum absolute atomic E-state index is 0.0593. The van der Waals surface area contributed by atoms with Gasteiger partial charge in [-0.25, -0.2) is 4.79 Å². The molecule has 0 aliphatic heterocycles. The Balaban J connectivity index is 2.16. The Morgan fingerprint density at radius 1 is 1.11 bits per heavy atom. The van der Waals surface area contributed by atoms with Crippen LogP contribution in [0.2, 0.25) is 0 Å². The van der Waals surface area contributed by atoms with Gasteiger partial charge in [0.1, 0.15) is 5.75 Å². The van der Waals surface area contributed by atoms with Crippen molar-refractivity contribution in [1.82, 2.24) is 0 Å². The third-order valence-corrected chi connectivity index (χ3v) is 2.11. The zero-order chi connectivity index (χ0) is 14.1. The van der Waals surface area contributed by atoms with Crippen LogP contribution in [0.4, 0.5) is 5.69 Å². The van der Waals surface area contributed by atoms with E-state index in [2.05, 4.69) is 4.74 Å². The summed E-state index contributed by atoms with van der Waals surface area (Å²) in [4.78, 5) is 22.2. The van der Waals surface area contributed by atoms with Gasteiger partial charge in [0, 0.05) is 5.69 Å². The Morgan fingerprint density at radius 3 is 2.42 bits per heavy atom. The van der Waals surface area contributed by atoms with Gasteiger partial charge in [-0.2, -0.15) is 0 Å². The number of hydrogen-bond acceptors (Lipinski definition) is 6. The Hall–Kier alpha value is -2.24. The Morgan fingerprint density at radius 2 is 1.79 bits per heavy atom. The zero-order valence-corrected chi connectivity index (χ0v) is 10.8. The van der Waals surface area contributed by atoms with Gasteiger partial charge in [-0.3, -0.25) is 4.79 Å². The van der Waals surface area contributed by atoms with E-state index in [-0.39, 0.29) is 26.2 Å². The van der Waals surface area contributed by atoms with Crippen LogP contribution in [0.5, 0.6) is 5.75 Å². The molecule has 0 unspecified atom stereocenters. The van der Waals surface area contributed by atoms with Crippen LogP contribution in [0.25, 0.3) is 0 Å². The van der Waals surface area contributed by atoms with Crippen molar-refractivity contribution in [2.45, 2.75) is 13.3 Å². The number of carbonyl (C=O) groups excluding carboxylic acids is 2. The summed E-state index contributed by atoms with van der Waals surface area (Å²) in [6, 6.07) is 6.82. The summed E-state index contributed by atoms with van der Waals surface area (Å²) in [5.74, 6) is -0.453. The second-order valence-electron chi connectivity index (χ2n) is 3.63. The van der Waals surface area contributed by atoms with Crippen molar-refractivity contribution in [1.29, 1.82) is 0 Å². The highest BCUT2D eigenvalue weighted by molar-refractivity contribution is 5.76. The van der Waals surface area contributed by atoms with Crippen LogP contribution in [0, 0.1) is 0 Å². The summed E-state index contributed by atoms with van der Waals surface area (Å²) < 4.78 is 14.6. The van der Waals surface area contributed by atoms with E-state index in [9.17, 15) is 9.59 Å². The quantitative estimate of drug-likeness (QED) is 0.589. The molecule has 1 aromatic carbocycles. The van der Waals surface area contributed by atoms with Gasteiger partial charge < -0.3 is 19.9 Å². The third-order valence-electron chi connectivity index (χ3n) is 2.11. The van der Waals surface area contributed by atoms with Crippen molar-refractivity contribution in [3.05, 3.63) is 24.3 Å². The maximum absolute atomic E-state index is 11.3. The predicted molar refractivity (Wildman–Crippen MR) is 68.6 cm³/mol. The van der Waals surface area contributed by atoms with Gasteiger partial charge in [0.2, 0.25) is 0 Å². The molecule has 2 N–H and O–H groups in total. The van der Waals surface area contributed by atoms with Gasteiger partial charge in [0.15, 0.2) is 6.61 Å². The molecule has 0 aliphatic rings. The number of nitrogen functional groups attached to an aromatic ring is 1. The molecule has 1 rings (SSSR count). The average molecular weight is 267 g/mol. The molecule has 0 saturated carbocycles. The molecular weight excluding hydrogens is 250 g/mol. The fourth-order valence-corrected chi connectivity index (χ4v) is 1.23. The maximum Gasteiger partial charge on any atom is 0.344 e. The van der Waals surface area contributed by atoms with Crippen molar-refractivity contribution in [2.24, 2.45) is 0 Å². The fourth-order valence-electron chi connectivity index (χ4n) is 1.23. The molecule has 6 heteroatoms. The van der Waals surface area contributed by atoms with Crippen LogP contribution in [-0.2, 0) is 19.1 Å². The lowest BCUT2D eigenvalue weighted by Gasteiger charge is -2.07. The molecule has 1 aromatic rings. The molecule has 0 aromatic heterocycles. The van der Waals surface area contributed by atoms with E-state index < -0.39 is 11.9 Å². The first-order chi connectivity index (χ1) is 9.11. The minimum Gasteiger partial charge on any atom is -0.493 e. The van der Waals surface area contributed by atoms with E-state index in [4.69, 9.17) is 15.2 Å². The molecule has 0 bridgehead atoms. The SMILES string of the molecule is CCOC(=O)COC(=O)CCOc1ccc(N)cc1. The number of hydrogen-bond donors (Lipinski definition) is 1. The lowest BCUT2D eigenvalue weighted by molar-refractivity contribution is -0.158. The predicted octanol–water partition coefficient (Wildman–Crippen LogP) is 1.14. The lowest BCUT2D eigenvalue weighted by atomic mass is 10.3. The highest BCUT2D eigenvalue weighted by atomic mass is 16.6.